The highest BCUT2D eigenvalue weighted by molar-refractivity contribution is 6.08. The van der Waals surface area contributed by atoms with Crippen LogP contribution in [-0.4, -0.2) is 22.7 Å². The minimum atomic E-state index is -0.416. The zero-order valence-electron chi connectivity index (χ0n) is 13.3. The van der Waals surface area contributed by atoms with Gasteiger partial charge in [0.05, 0.1) is 11.8 Å². The molecular formula is C19H18N2O3. The first-order chi connectivity index (χ1) is 11.6. The number of carbonyl (C=O) groups is 3. The molecule has 0 aromatic heterocycles. The molecule has 2 saturated carbocycles. The van der Waals surface area contributed by atoms with Crippen molar-refractivity contribution >= 4 is 17.7 Å². The lowest BCUT2D eigenvalue weighted by Gasteiger charge is -2.37. The SMILES string of the molecule is Cc1ccc(C(=O)NN2C(=O)[C@@H]3[C@@H]4C=C[C@H]([C@H]5C[C@H]45)[C@@H]3C2=O)cc1. The van der Waals surface area contributed by atoms with Gasteiger partial charge in [0, 0.05) is 5.56 Å². The largest absolute Gasteiger partial charge is 0.272 e. The van der Waals surface area contributed by atoms with Gasteiger partial charge in [0.25, 0.3) is 17.7 Å². The molecule has 1 saturated heterocycles. The van der Waals surface area contributed by atoms with Gasteiger partial charge in [-0.3, -0.25) is 19.8 Å². The number of rotatable bonds is 2. The number of benzene rings is 1. The van der Waals surface area contributed by atoms with Gasteiger partial charge in [-0.2, -0.15) is 5.01 Å². The van der Waals surface area contributed by atoms with Crippen LogP contribution < -0.4 is 5.43 Å². The van der Waals surface area contributed by atoms with Crippen LogP contribution in [0.2, 0.25) is 0 Å². The van der Waals surface area contributed by atoms with Crippen LogP contribution in [0.1, 0.15) is 22.3 Å². The minimum absolute atomic E-state index is 0.169. The zero-order chi connectivity index (χ0) is 16.6. The van der Waals surface area contributed by atoms with Crippen LogP contribution >= 0.6 is 0 Å². The van der Waals surface area contributed by atoms with E-state index in [0.29, 0.717) is 17.4 Å². The molecule has 6 rings (SSSR count). The van der Waals surface area contributed by atoms with E-state index >= 15 is 0 Å². The van der Waals surface area contributed by atoms with Crippen LogP contribution in [-0.2, 0) is 9.59 Å². The monoisotopic (exact) mass is 322 g/mol. The summed E-state index contributed by atoms with van der Waals surface area (Å²) in [6.45, 7) is 1.94. The Morgan fingerprint density at radius 2 is 1.54 bits per heavy atom. The number of hydrazine groups is 1. The molecule has 3 fully saturated rings. The van der Waals surface area contributed by atoms with E-state index in [9.17, 15) is 14.4 Å². The Morgan fingerprint density at radius 1 is 1.00 bits per heavy atom. The molecule has 24 heavy (non-hydrogen) atoms. The number of allylic oxidation sites excluding steroid dienone is 2. The third-order valence-electron chi connectivity index (χ3n) is 6.19. The topological polar surface area (TPSA) is 66.5 Å². The number of aryl methyl sites for hydroxylation is 1. The minimum Gasteiger partial charge on any atom is -0.272 e. The Kier molecular flexibility index (Phi) is 2.65. The summed E-state index contributed by atoms with van der Waals surface area (Å²) in [7, 11) is 0. The van der Waals surface area contributed by atoms with Gasteiger partial charge < -0.3 is 0 Å². The van der Waals surface area contributed by atoms with E-state index in [-0.39, 0.29) is 35.5 Å². The summed E-state index contributed by atoms with van der Waals surface area (Å²) in [6, 6.07) is 7.06. The van der Waals surface area contributed by atoms with Crippen LogP contribution in [0.3, 0.4) is 0 Å². The van der Waals surface area contributed by atoms with Crippen molar-refractivity contribution < 1.29 is 14.4 Å². The van der Waals surface area contributed by atoms with Crippen molar-refractivity contribution in [1.29, 1.82) is 0 Å². The summed E-state index contributed by atoms with van der Waals surface area (Å²) in [4.78, 5) is 38.0. The summed E-state index contributed by atoms with van der Waals surface area (Å²) < 4.78 is 0. The first kappa shape index (κ1) is 14.0. The smallest absolute Gasteiger partial charge is 0.270 e. The van der Waals surface area contributed by atoms with Crippen LogP contribution in [0, 0.1) is 42.4 Å². The second-order valence-corrected chi connectivity index (χ2v) is 7.47. The Morgan fingerprint density at radius 3 is 2.08 bits per heavy atom. The van der Waals surface area contributed by atoms with E-state index in [1.165, 1.54) is 0 Å². The van der Waals surface area contributed by atoms with Crippen LogP contribution in [0.15, 0.2) is 36.4 Å². The fourth-order valence-corrected chi connectivity index (χ4v) is 4.94. The number of imide groups is 1. The zero-order valence-corrected chi connectivity index (χ0v) is 13.3. The Labute approximate surface area is 139 Å². The lowest BCUT2D eigenvalue weighted by molar-refractivity contribution is -0.143. The number of hydrogen-bond acceptors (Lipinski definition) is 3. The summed E-state index contributed by atoms with van der Waals surface area (Å²) in [6.07, 6.45) is 5.37. The molecule has 4 aliphatic carbocycles. The number of nitrogens with zero attached hydrogens (tertiary/aromatic N) is 1. The first-order valence-corrected chi connectivity index (χ1v) is 8.50. The summed E-state index contributed by atoms with van der Waals surface area (Å²) in [5, 5.41) is 0.981. The molecule has 3 amide bonds. The molecule has 1 heterocycles. The molecule has 1 aromatic carbocycles. The van der Waals surface area contributed by atoms with Crippen molar-refractivity contribution in [2.75, 3.05) is 0 Å². The molecule has 1 aliphatic heterocycles. The predicted molar refractivity (Wildman–Crippen MR) is 85.2 cm³/mol. The van der Waals surface area contributed by atoms with E-state index in [1.54, 1.807) is 12.1 Å². The van der Waals surface area contributed by atoms with Gasteiger partial charge in [-0.25, -0.2) is 0 Å². The third kappa shape index (κ3) is 1.72. The fraction of sp³-hybridized carbons (Fsp3) is 0.421. The molecule has 0 radical (unpaired) electrons. The number of nitrogens with one attached hydrogen (secondary N) is 1. The van der Waals surface area contributed by atoms with Crippen molar-refractivity contribution in [2.45, 2.75) is 13.3 Å². The highest BCUT2D eigenvalue weighted by Gasteiger charge is 2.67. The predicted octanol–water partition coefficient (Wildman–Crippen LogP) is 1.69. The third-order valence-corrected chi connectivity index (χ3v) is 6.19. The fourth-order valence-electron chi connectivity index (χ4n) is 4.94. The Bertz CT molecular complexity index is 761. The summed E-state index contributed by atoms with van der Waals surface area (Å²) in [5.41, 5.74) is 4.03. The van der Waals surface area contributed by atoms with E-state index in [4.69, 9.17) is 0 Å². The molecule has 5 heteroatoms. The van der Waals surface area contributed by atoms with Crippen LogP contribution in [0.25, 0.3) is 0 Å². The van der Waals surface area contributed by atoms with E-state index in [0.717, 1.165) is 17.0 Å². The quantitative estimate of drug-likeness (QED) is 0.666. The van der Waals surface area contributed by atoms with Crippen LogP contribution in [0.4, 0.5) is 0 Å². The van der Waals surface area contributed by atoms with Gasteiger partial charge in [0.2, 0.25) is 0 Å². The Hall–Kier alpha value is -2.43. The second-order valence-electron chi connectivity index (χ2n) is 7.47. The maximum atomic E-state index is 12.8. The highest BCUT2D eigenvalue weighted by Crippen LogP contribution is 2.65. The molecule has 1 N–H and O–H groups in total. The normalized spacial score (nSPS) is 38.1. The van der Waals surface area contributed by atoms with Crippen molar-refractivity contribution in [2.24, 2.45) is 35.5 Å². The summed E-state index contributed by atoms with van der Waals surface area (Å²) in [5.74, 6) is -0.00257. The summed E-state index contributed by atoms with van der Waals surface area (Å²) >= 11 is 0. The molecule has 2 bridgehead atoms. The lowest BCUT2D eigenvalue weighted by Crippen LogP contribution is -2.46. The van der Waals surface area contributed by atoms with Gasteiger partial charge in [0.15, 0.2) is 0 Å². The average molecular weight is 322 g/mol. The van der Waals surface area contributed by atoms with Gasteiger partial charge in [-0.15, -0.1) is 0 Å². The number of amides is 3. The molecular weight excluding hydrogens is 304 g/mol. The molecule has 5 aliphatic rings. The first-order valence-electron chi connectivity index (χ1n) is 8.50. The van der Waals surface area contributed by atoms with Gasteiger partial charge in [-0.05, 0) is 49.1 Å². The van der Waals surface area contributed by atoms with Crippen molar-refractivity contribution in [3.63, 3.8) is 0 Å². The number of hydrogen-bond donors (Lipinski definition) is 1. The Balaban J connectivity index is 1.40. The highest BCUT2D eigenvalue weighted by atomic mass is 16.2. The lowest BCUT2D eigenvalue weighted by atomic mass is 9.63. The maximum Gasteiger partial charge on any atom is 0.270 e. The molecule has 1 aromatic rings. The van der Waals surface area contributed by atoms with Crippen molar-refractivity contribution in [3.8, 4) is 0 Å². The average Bonchev–Trinajstić information content (AvgIpc) is 3.36. The van der Waals surface area contributed by atoms with E-state index in [1.807, 2.05) is 19.1 Å². The van der Waals surface area contributed by atoms with Crippen molar-refractivity contribution in [3.05, 3.63) is 47.5 Å². The maximum absolute atomic E-state index is 12.8. The second kappa shape index (κ2) is 4.56. The molecule has 122 valence electrons. The molecule has 6 atom stereocenters. The molecule has 0 unspecified atom stereocenters. The van der Waals surface area contributed by atoms with Crippen molar-refractivity contribution in [1.82, 2.24) is 10.4 Å². The number of carbonyl (C=O) groups excluding carboxylic acids is 3. The molecule has 5 nitrogen and oxygen atoms in total. The van der Waals surface area contributed by atoms with E-state index in [2.05, 4.69) is 17.6 Å². The van der Waals surface area contributed by atoms with Gasteiger partial charge >= 0.3 is 0 Å². The standard InChI is InChI=1S/C19H18N2O3/c1-9-2-4-10(5-3-9)17(22)20-21-18(23)15-11-6-7-12(14-8-13(11)14)16(15)19(21)24/h2-7,11-16H,8H2,1H3,(H,20,22)/t11-,12-,13-,14-,15-,16+/m1/s1. The van der Waals surface area contributed by atoms with E-state index < -0.39 is 5.91 Å². The van der Waals surface area contributed by atoms with Crippen LogP contribution in [0.5, 0.6) is 0 Å². The molecule has 0 spiro atoms. The van der Waals surface area contributed by atoms with Gasteiger partial charge in [0.1, 0.15) is 0 Å². The van der Waals surface area contributed by atoms with Gasteiger partial charge in [-0.1, -0.05) is 29.8 Å².